The molecule has 0 radical (unpaired) electrons. The molecule has 5 fully saturated rings. The minimum Gasteiger partial charge on any atom is -0.489 e. The van der Waals surface area contributed by atoms with Gasteiger partial charge in [-0.05, 0) is 191 Å². The van der Waals surface area contributed by atoms with Gasteiger partial charge in [-0.1, -0.05) is 29.8 Å². The number of nitrogens with zero attached hydrogens (tertiary/aromatic N) is 18. The fourth-order valence-corrected chi connectivity index (χ4v) is 19.2. The third kappa shape index (κ3) is 16.2. The van der Waals surface area contributed by atoms with Gasteiger partial charge in [0.15, 0.2) is 5.65 Å². The summed E-state index contributed by atoms with van der Waals surface area (Å²) in [6.45, 7) is 20.0. The zero-order chi connectivity index (χ0) is 79.4. The quantitative estimate of drug-likeness (QED) is 0.129. The van der Waals surface area contributed by atoms with Crippen molar-refractivity contribution in [2.24, 2.45) is 0 Å². The van der Waals surface area contributed by atoms with E-state index in [0.29, 0.717) is 73.9 Å². The minimum absolute atomic E-state index is 0.0445. The van der Waals surface area contributed by atoms with Gasteiger partial charge in [0, 0.05) is 148 Å². The summed E-state index contributed by atoms with van der Waals surface area (Å²) in [6, 6.07) is 43.4. The highest BCUT2D eigenvalue weighted by Crippen LogP contribution is 2.34. The van der Waals surface area contributed by atoms with Gasteiger partial charge in [-0.25, -0.2) is 39.9 Å². The summed E-state index contributed by atoms with van der Waals surface area (Å²) in [6.07, 6.45) is 18.3. The first kappa shape index (κ1) is 76.1. The monoisotopic (exact) mass is 1620 g/mol. The summed E-state index contributed by atoms with van der Waals surface area (Å²) in [5, 5.41) is 10.3. The Kier molecular flexibility index (Phi) is 21.3. The van der Waals surface area contributed by atoms with Crippen LogP contribution in [-0.2, 0) is 0 Å². The smallest absolute Gasteiger partial charge is 0.258 e. The predicted octanol–water partition coefficient (Wildman–Crippen LogP) is 13.2. The van der Waals surface area contributed by atoms with Crippen LogP contribution < -0.4 is 52.3 Å². The molecule has 25 nitrogen and oxygen atoms in total. The van der Waals surface area contributed by atoms with E-state index in [-0.39, 0.29) is 28.3 Å². The van der Waals surface area contributed by atoms with Crippen LogP contribution in [0.2, 0.25) is 5.02 Å². The van der Waals surface area contributed by atoms with Crippen LogP contribution in [0.4, 0.5) is 17.1 Å². The lowest BCUT2D eigenvalue weighted by Crippen LogP contribution is -2.50. The number of ether oxygens (including phenoxy) is 1. The number of rotatable bonds is 10. The van der Waals surface area contributed by atoms with E-state index in [1.165, 1.54) is 19.4 Å². The highest BCUT2D eigenvalue weighted by Gasteiger charge is 2.31. The summed E-state index contributed by atoms with van der Waals surface area (Å²) in [5.41, 5.74) is 16.3. The molecule has 0 amide bonds. The minimum atomic E-state index is -0.116. The van der Waals surface area contributed by atoms with Crippen LogP contribution in [0.3, 0.4) is 0 Å². The molecule has 16 aromatic rings. The lowest BCUT2D eigenvalue weighted by atomic mass is 10.0. The second kappa shape index (κ2) is 32.5. The fourth-order valence-electron chi connectivity index (χ4n) is 16.4. The molecule has 3 aromatic carbocycles. The van der Waals surface area contributed by atoms with Crippen LogP contribution in [0.5, 0.6) is 5.75 Å². The Morgan fingerprint density at radius 2 is 0.871 bits per heavy atom. The molecule has 116 heavy (non-hydrogen) atoms. The Labute approximate surface area is 684 Å². The van der Waals surface area contributed by atoms with Gasteiger partial charge in [0.2, 0.25) is 0 Å². The van der Waals surface area contributed by atoms with Crippen LogP contribution in [0.15, 0.2) is 190 Å². The number of halogens is 1. The summed E-state index contributed by atoms with van der Waals surface area (Å²) in [5.74, 6) is 0.706. The second-order valence-corrected chi connectivity index (χ2v) is 34.7. The third-order valence-corrected chi connectivity index (χ3v) is 25.5. The number of hydrogen-bond donors (Lipinski definition) is 2. The molecule has 1 atom stereocenters. The molecule has 5 aliphatic rings. The van der Waals surface area contributed by atoms with Crippen LogP contribution in [0, 0.1) is 27.7 Å². The molecule has 18 heterocycles. The average Bonchev–Trinajstić information content (AvgIpc) is 0.925. The SMILES string of the molecule is Cc1cn2cc(-c3cc(=O)n4cc(N5CCNCC5)ccc4n3)cc(Cl)c2n1.Cc1nc2ccc(-c3cc(=O)n4cc(N5CCC(N(C)C)CC5)ccc4n3)cc2s1.Cc1nc2ccc(-c3cc(=O)n4cc(N5CCN6CCC[C@@H]6C5)ccc4n3)cc2s1.Cc1nc2ccc(-c3cc(=O)n4cc(OC5CCNCC5)ccc4n3)cc2s1. The molecule has 29 heteroatoms. The van der Waals surface area contributed by atoms with Crippen molar-refractivity contribution in [3.8, 4) is 50.8 Å². The first-order valence-electron chi connectivity index (χ1n) is 39.5. The normalized spacial score (nSPS) is 16.4. The number of pyridine rings is 5. The molecule has 13 aromatic heterocycles. The molecule has 5 aliphatic heterocycles. The van der Waals surface area contributed by atoms with Crippen molar-refractivity contribution in [1.82, 2.24) is 82.3 Å². The van der Waals surface area contributed by atoms with Crippen molar-refractivity contribution in [3.05, 3.63) is 238 Å². The van der Waals surface area contributed by atoms with Crippen LogP contribution >= 0.6 is 45.6 Å². The van der Waals surface area contributed by atoms with E-state index in [2.05, 4.69) is 103 Å². The maximum Gasteiger partial charge on any atom is 0.258 e. The van der Waals surface area contributed by atoms with Crippen molar-refractivity contribution in [2.45, 2.75) is 84.4 Å². The van der Waals surface area contributed by atoms with E-state index < -0.39 is 0 Å². The van der Waals surface area contributed by atoms with E-state index in [1.54, 1.807) is 88.1 Å². The molecule has 0 spiro atoms. The van der Waals surface area contributed by atoms with E-state index in [1.807, 2.05) is 142 Å². The van der Waals surface area contributed by atoms with Crippen LogP contribution in [0.1, 0.15) is 59.2 Å². The van der Waals surface area contributed by atoms with Gasteiger partial charge in [0.05, 0.1) is 102 Å². The number of nitrogens with one attached hydrogen (secondary N) is 2. The number of aryl methyl sites for hydroxylation is 4. The van der Waals surface area contributed by atoms with Gasteiger partial charge >= 0.3 is 0 Å². The first-order chi connectivity index (χ1) is 56.3. The Balaban J connectivity index is 0.000000107. The number of imidazole rings is 1. The van der Waals surface area contributed by atoms with E-state index in [0.717, 1.165) is 188 Å². The highest BCUT2D eigenvalue weighted by molar-refractivity contribution is 7.19. The molecule has 0 aliphatic carbocycles. The van der Waals surface area contributed by atoms with E-state index in [9.17, 15) is 19.2 Å². The van der Waals surface area contributed by atoms with Crippen LogP contribution in [-0.4, -0.2) is 182 Å². The molecule has 0 saturated carbocycles. The van der Waals surface area contributed by atoms with Gasteiger partial charge in [-0.15, -0.1) is 34.0 Å². The number of aromatic nitrogens is 13. The van der Waals surface area contributed by atoms with Crippen LogP contribution in [0.25, 0.3) is 104 Å². The predicted molar refractivity (Wildman–Crippen MR) is 467 cm³/mol. The Morgan fingerprint density at radius 1 is 0.422 bits per heavy atom. The molecular formula is C87H87ClN20O5S3. The number of fused-ring (bicyclic) bond motifs is 9. The van der Waals surface area contributed by atoms with E-state index >= 15 is 0 Å². The standard InChI is InChI=1S/C23H23N5OS.C23H25N5OS.C21H20N4O2S.C20H19ClN6O/c1-15-24-19-6-4-16(11-21(19)30-15)20-12-23(29)28-14-18(5-7-22(28)25-20)27-10-9-26-8-2-3-17(26)13-27;1-15-24-19-6-4-16(12-21(19)30-15)20-13-23(29)28-14-18(5-7-22(28)25-20)27-10-8-17(9-11-27)26(2)3;1-13-23-17-4-2-14(10-19(17)28-13)18-11-21(26)25-12-16(3-5-20(25)24-18)27-15-6-8-22-9-7-15;1-13-10-26-11-14(8-16(21)20(26)23-13)17-9-19(28)27-12-15(2-3-18(27)24-17)25-6-4-22-5-7-25/h4-7,11-12,14,17H,2-3,8-10,13H2,1H3;4-7,12-14,17H,8-11H2,1-3H3;2-5,10-12,15,22H,6-9H2,1H3;2-3,8-12,22H,4-7H2,1H3/t17-;;;/m1.../s1. The first-order valence-corrected chi connectivity index (χ1v) is 42.3. The maximum atomic E-state index is 12.9. The number of anilines is 3. The Bertz CT molecular complexity index is 6680. The highest BCUT2D eigenvalue weighted by atomic mass is 35.5. The Hall–Kier alpha value is -11.2. The fraction of sp³-hybridized carbons (Fsp3) is 0.310. The zero-order valence-corrected chi connectivity index (χ0v) is 68.5. The summed E-state index contributed by atoms with van der Waals surface area (Å²) in [7, 11) is 4.29. The Morgan fingerprint density at radius 3 is 1.36 bits per heavy atom. The summed E-state index contributed by atoms with van der Waals surface area (Å²) >= 11 is 11.3. The molecule has 5 saturated heterocycles. The van der Waals surface area contributed by atoms with Crippen molar-refractivity contribution < 1.29 is 4.74 Å². The topological polar surface area (TPSA) is 243 Å². The van der Waals surface area contributed by atoms with Gasteiger partial charge in [-0.2, -0.15) is 0 Å². The number of hydrogen-bond acceptors (Lipinski definition) is 23. The van der Waals surface area contributed by atoms with Crippen molar-refractivity contribution in [1.29, 1.82) is 0 Å². The summed E-state index contributed by atoms with van der Waals surface area (Å²) in [4.78, 5) is 100. The second-order valence-electron chi connectivity index (χ2n) is 30.6. The number of thiazole rings is 3. The number of benzene rings is 3. The molecule has 0 unspecified atom stereocenters. The van der Waals surface area contributed by atoms with Gasteiger partial charge in [0.25, 0.3) is 22.2 Å². The lowest BCUT2D eigenvalue weighted by molar-refractivity contribution is 0.162. The number of piperidine rings is 2. The van der Waals surface area contributed by atoms with Crippen molar-refractivity contribution in [2.75, 3.05) is 107 Å². The van der Waals surface area contributed by atoms with E-state index in [4.69, 9.17) is 26.3 Å². The van der Waals surface area contributed by atoms with Crippen molar-refractivity contribution >= 4 is 122 Å². The molecule has 21 rings (SSSR count). The molecule has 2 N–H and O–H groups in total. The van der Waals surface area contributed by atoms with Crippen molar-refractivity contribution in [3.63, 3.8) is 0 Å². The molecular weight excluding hydrogens is 1540 g/mol. The van der Waals surface area contributed by atoms with Gasteiger partial charge in [-0.3, -0.25) is 41.7 Å². The molecule has 0 bridgehead atoms. The lowest BCUT2D eigenvalue weighted by Gasteiger charge is -2.38. The van der Waals surface area contributed by atoms with Gasteiger partial charge < -0.3 is 39.4 Å². The molecule has 590 valence electrons. The largest absolute Gasteiger partial charge is 0.489 e. The third-order valence-electron chi connectivity index (χ3n) is 22.4. The zero-order valence-electron chi connectivity index (χ0n) is 65.3. The average molecular weight is 1620 g/mol. The maximum absolute atomic E-state index is 12.9. The summed E-state index contributed by atoms with van der Waals surface area (Å²) < 4.78 is 17.7. The van der Waals surface area contributed by atoms with Gasteiger partial charge in [0.1, 0.15) is 34.4 Å². The number of piperazine rings is 2.